The van der Waals surface area contributed by atoms with Gasteiger partial charge >= 0.3 is 165 Å². The number of hydrogen-bond acceptors (Lipinski definition) is 4. The van der Waals surface area contributed by atoms with Crippen molar-refractivity contribution in [2.75, 3.05) is 29.1 Å². The predicted molar refractivity (Wildman–Crippen MR) is 107 cm³/mol. The van der Waals surface area contributed by atoms with Crippen LogP contribution in [0.15, 0.2) is 36.4 Å². The van der Waals surface area contributed by atoms with Gasteiger partial charge in [0.05, 0.1) is 0 Å². The summed E-state index contributed by atoms with van der Waals surface area (Å²) in [6, 6.07) is 10.4. The molecule has 2 aromatic rings. The van der Waals surface area contributed by atoms with Crippen LogP contribution in [0.4, 0.5) is 15.8 Å². The SMILES string of the molecule is Cc1cc(Nc2ccc(F)cc2)c(C=N)cc1C12CN([CH2][Pb])CC1C2CO. The van der Waals surface area contributed by atoms with Crippen molar-refractivity contribution >= 4 is 43.4 Å². The van der Waals surface area contributed by atoms with Crippen molar-refractivity contribution < 1.29 is 9.50 Å². The summed E-state index contributed by atoms with van der Waals surface area (Å²) in [5, 5.41) is 21.1. The Bertz CT molecular complexity index is 872. The molecule has 3 N–H and O–H groups in total. The van der Waals surface area contributed by atoms with E-state index in [1.807, 2.05) is 0 Å². The fourth-order valence-corrected chi connectivity index (χ4v) is 5.82. The standard InChI is InChI=1S/C21H23FN3O.Pb/c1-13-7-20(24-16-5-3-15(22)4-6-16)14(9-23)8-17(13)21-12-25(2)10-18(21)19(21)11-26;/h3-9,18-19,23-24,26H,2,10-12H2,1H3;. The Morgan fingerprint density at radius 3 is 2.74 bits per heavy atom. The van der Waals surface area contributed by atoms with E-state index in [4.69, 9.17) is 5.41 Å². The number of aliphatic hydroxyl groups excluding tert-OH is 1. The van der Waals surface area contributed by atoms with Gasteiger partial charge < -0.3 is 0 Å². The van der Waals surface area contributed by atoms with Crippen LogP contribution in [-0.2, 0) is 5.41 Å². The van der Waals surface area contributed by atoms with Gasteiger partial charge in [-0.2, -0.15) is 0 Å². The van der Waals surface area contributed by atoms with Crippen LogP contribution in [0.3, 0.4) is 0 Å². The zero-order chi connectivity index (χ0) is 19.2. The second-order valence-corrected chi connectivity index (χ2v) is 8.87. The molecule has 1 saturated heterocycles. The number of piperidine rings is 1. The number of aryl methyl sites for hydroxylation is 1. The van der Waals surface area contributed by atoms with Crippen LogP contribution in [0.2, 0.25) is 0 Å². The van der Waals surface area contributed by atoms with Gasteiger partial charge in [-0.3, -0.25) is 0 Å². The molecule has 3 atom stereocenters. The van der Waals surface area contributed by atoms with Crippen LogP contribution in [0, 0.1) is 30.0 Å². The predicted octanol–water partition coefficient (Wildman–Crippen LogP) is 2.79. The topological polar surface area (TPSA) is 59.4 Å². The van der Waals surface area contributed by atoms with Gasteiger partial charge in [-0.25, -0.2) is 4.39 Å². The number of rotatable bonds is 6. The van der Waals surface area contributed by atoms with Crippen molar-refractivity contribution in [2.45, 2.75) is 12.3 Å². The molecule has 2 aromatic carbocycles. The third kappa shape index (κ3) is 3.13. The van der Waals surface area contributed by atoms with E-state index in [2.05, 4.69) is 29.3 Å². The molecular weight excluding hydrogens is 536 g/mol. The van der Waals surface area contributed by atoms with Gasteiger partial charge in [0.2, 0.25) is 0 Å². The van der Waals surface area contributed by atoms with Gasteiger partial charge in [0.25, 0.3) is 0 Å². The van der Waals surface area contributed by atoms with Crippen molar-refractivity contribution in [3.63, 3.8) is 0 Å². The first-order valence-electron chi connectivity index (χ1n) is 9.19. The number of hydrogen-bond donors (Lipinski definition) is 3. The zero-order valence-electron chi connectivity index (χ0n) is 15.3. The quantitative estimate of drug-likeness (QED) is 0.377. The third-order valence-electron chi connectivity index (χ3n) is 6.24. The average Bonchev–Trinajstić information content (AvgIpc) is 3.10. The van der Waals surface area contributed by atoms with E-state index in [-0.39, 0.29) is 17.8 Å². The van der Waals surface area contributed by atoms with E-state index >= 15 is 0 Å². The minimum atomic E-state index is -0.266. The molecule has 1 aliphatic carbocycles. The molecule has 4 rings (SSSR count). The number of nitrogens with one attached hydrogen (secondary N) is 2. The van der Waals surface area contributed by atoms with Crippen LogP contribution in [0.5, 0.6) is 0 Å². The molecule has 0 aromatic heterocycles. The van der Waals surface area contributed by atoms with Crippen molar-refractivity contribution in [3.8, 4) is 0 Å². The molecule has 4 nitrogen and oxygen atoms in total. The number of fused-ring (bicyclic) bond motifs is 1. The summed E-state index contributed by atoms with van der Waals surface area (Å²) in [6.07, 6.45) is 1.37. The van der Waals surface area contributed by atoms with Gasteiger partial charge in [-0.05, 0) is 0 Å². The number of anilines is 2. The molecule has 27 heavy (non-hydrogen) atoms. The number of nitrogens with zero attached hydrogens (tertiary/aromatic N) is 1. The monoisotopic (exact) mass is 560 g/mol. The number of benzene rings is 2. The second-order valence-electron chi connectivity index (χ2n) is 7.64. The first-order valence-corrected chi connectivity index (χ1v) is 11.9. The van der Waals surface area contributed by atoms with Crippen molar-refractivity contribution in [2.24, 2.45) is 11.8 Å². The molecule has 0 bridgehead atoms. The second kappa shape index (κ2) is 7.25. The minimum absolute atomic E-state index is 0.0371. The van der Waals surface area contributed by atoms with Gasteiger partial charge in [-0.1, -0.05) is 0 Å². The van der Waals surface area contributed by atoms with Crippen LogP contribution >= 0.6 is 0 Å². The zero-order valence-corrected chi connectivity index (χ0v) is 19.2. The van der Waals surface area contributed by atoms with Gasteiger partial charge in [0.15, 0.2) is 0 Å². The fourth-order valence-electron chi connectivity index (χ4n) is 4.88. The van der Waals surface area contributed by atoms with E-state index in [0.29, 0.717) is 11.8 Å². The molecule has 3 unspecified atom stereocenters. The molecule has 1 heterocycles. The first-order chi connectivity index (χ1) is 13.0. The van der Waals surface area contributed by atoms with Gasteiger partial charge in [-0.15, -0.1) is 0 Å². The molecule has 1 aliphatic heterocycles. The molecule has 3 radical (unpaired) electrons. The maximum absolute atomic E-state index is 13.2. The van der Waals surface area contributed by atoms with Crippen LogP contribution in [0.25, 0.3) is 0 Å². The van der Waals surface area contributed by atoms with E-state index in [0.717, 1.165) is 59.9 Å². The summed E-state index contributed by atoms with van der Waals surface area (Å²) in [6.45, 7) is 4.43. The van der Waals surface area contributed by atoms with Crippen molar-refractivity contribution in [1.29, 1.82) is 5.41 Å². The van der Waals surface area contributed by atoms with E-state index < -0.39 is 0 Å². The fraction of sp³-hybridized carbons (Fsp3) is 0.381. The summed E-state index contributed by atoms with van der Waals surface area (Å²) in [5.41, 5.74) is 4.96. The third-order valence-corrected chi connectivity index (χ3v) is 7.98. The molecule has 2 aliphatic rings. The van der Waals surface area contributed by atoms with Crippen LogP contribution in [-0.4, -0.2) is 65.8 Å². The first kappa shape index (κ1) is 19.0. The molecule has 2 fully saturated rings. The average molecular weight is 560 g/mol. The summed E-state index contributed by atoms with van der Waals surface area (Å²) >= 11 is 1.16. The Morgan fingerprint density at radius 2 is 2.11 bits per heavy atom. The summed E-state index contributed by atoms with van der Waals surface area (Å²) in [5.74, 6) is 0.581. The molecular formula is C21H23FN3OPb. The Labute approximate surface area is 175 Å². The Balaban J connectivity index is 1.70. The molecule has 0 amide bonds. The number of halogens is 1. The number of likely N-dealkylation sites (tertiary alicyclic amines) is 1. The van der Waals surface area contributed by atoms with Crippen molar-refractivity contribution in [3.05, 3.63) is 58.9 Å². The molecule has 0 spiro atoms. The van der Waals surface area contributed by atoms with Crippen molar-refractivity contribution in [1.82, 2.24) is 4.90 Å². The molecule has 1 saturated carbocycles. The van der Waals surface area contributed by atoms with Gasteiger partial charge in [0, 0.05) is 0 Å². The van der Waals surface area contributed by atoms with E-state index in [9.17, 15) is 9.50 Å². The van der Waals surface area contributed by atoms with Crippen LogP contribution < -0.4 is 5.32 Å². The maximum atomic E-state index is 13.2. The normalized spacial score (nSPS) is 26.7. The van der Waals surface area contributed by atoms with E-state index in [1.54, 1.807) is 12.1 Å². The van der Waals surface area contributed by atoms with Gasteiger partial charge in [0.1, 0.15) is 5.82 Å². The van der Waals surface area contributed by atoms with Crippen LogP contribution in [0.1, 0.15) is 16.7 Å². The molecule has 139 valence electrons. The Kier molecular flexibility index (Phi) is 5.11. The molecule has 6 heteroatoms. The Hall–Kier alpha value is -1.32. The number of aliphatic hydroxyl groups is 1. The summed E-state index contributed by atoms with van der Waals surface area (Å²) in [4.78, 5) is 2.51. The Morgan fingerprint density at radius 1 is 1.37 bits per heavy atom. The van der Waals surface area contributed by atoms with E-state index in [1.165, 1.54) is 29.5 Å². The summed E-state index contributed by atoms with van der Waals surface area (Å²) < 4.78 is 14.3. The summed E-state index contributed by atoms with van der Waals surface area (Å²) in [7, 11) is 0.